The highest BCUT2D eigenvalue weighted by Crippen LogP contribution is 2.30. The number of anilines is 5. The molecule has 8 heteroatoms. The fraction of sp³-hybridized carbons (Fsp3) is 0.0588. The molecule has 2 aromatic carbocycles. The van der Waals surface area contributed by atoms with Gasteiger partial charge in [-0.15, -0.1) is 0 Å². The van der Waals surface area contributed by atoms with Crippen LogP contribution < -0.4 is 16.4 Å². The van der Waals surface area contributed by atoms with Gasteiger partial charge in [-0.25, -0.2) is 18.7 Å². The van der Waals surface area contributed by atoms with E-state index in [1.165, 1.54) is 6.33 Å². The van der Waals surface area contributed by atoms with Crippen LogP contribution in [-0.2, 0) is 0 Å². The number of nitrogens with zero attached hydrogens (tertiary/aromatic N) is 2. The molecule has 0 aliphatic rings. The van der Waals surface area contributed by atoms with E-state index in [0.29, 0.717) is 16.5 Å². The molecule has 0 bridgehead atoms. The summed E-state index contributed by atoms with van der Waals surface area (Å²) in [4.78, 5) is 8.05. The lowest BCUT2D eigenvalue weighted by atomic mass is 10.2. The highest BCUT2D eigenvalue weighted by Gasteiger charge is 2.12. The first-order valence-corrected chi connectivity index (χ1v) is 7.67. The Bertz CT molecular complexity index is 933. The van der Waals surface area contributed by atoms with Gasteiger partial charge in [0.15, 0.2) is 11.6 Å². The average Bonchev–Trinajstić information content (AvgIpc) is 2.58. The summed E-state index contributed by atoms with van der Waals surface area (Å²) in [5.74, 6) is -0.738. The van der Waals surface area contributed by atoms with Crippen LogP contribution in [-0.4, -0.2) is 9.97 Å². The average molecular weight is 362 g/mol. The van der Waals surface area contributed by atoms with Crippen LogP contribution in [0.15, 0.2) is 42.7 Å². The van der Waals surface area contributed by atoms with Crippen LogP contribution in [0.5, 0.6) is 0 Å². The quantitative estimate of drug-likeness (QED) is 0.623. The fourth-order valence-corrected chi connectivity index (χ4v) is 2.30. The third-order valence-corrected chi connectivity index (χ3v) is 3.91. The Labute approximate surface area is 147 Å². The zero-order valence-corrected chi connectivity index (χ0v) is 13.9. The second-order valence-corrected chi connectivity index (χ2v) is 5.73. The number of hydrogen-bond acceptors (Lipinski definition) is 5. The maximum Gasteiger partial charge on any atom is 0.159 e. The van der Waals surface area contributed by atoms with Crippen molar-refractivity contribution in [2.75, 3.05) is 16.4 Å². The molecule has 0 saturated carbocycles. The Balaban J connectivity index is 1.89. The van der Waals surface area contributed by atoms with Crippen molar-refractivity contribution in [3.8, 4) is 0 Å². The molecule has 3 aromatic rings. The lowest BCUT2D eigenvalue weighted by Crippen LogP contribution is -2.06. The van der Waals surface area contributed by atoms with Gasteiger partial charge >= 0.3 is 0 Å². The van der Waals surface area contributed by atoms with Crippen LogP contribution in [0.25, 0.3) is 0 Å². The van der Waals surface area contributed by atoms with E-state index < -0.39 is 11.6 Å². The molecule has 1 aromatic heterocycles. The van der Waals surface area contributed by atoms with Crippen LogP contribution in [0.1, 0.15) is 5.56 Å². The van der Waals surface area contributed by atoms with E-state index in [1.54, 1.807) is 6.07 Å². The predicted molar refractivity (Wildman–Crippen MR) is 95.6 cm³/mol. The summed E-state index contributed by atoms with van der Waals surface area (Å²) in [7, 11) is 0. The van der Waals surface area contributed by atoms with E-state index in [9.17, 15) is 8.78 Å². The Kier molecular flexibility index (Phi) is 4.67. The molecule has 0 aliphatic carbocycles. The first-order valence-electron chi connectivity index (χ1n) is 7.30. The first-order chi connectivity index (χ1) is 11.9. The Morgan fingerprint density at radius 2 is 1.72 bits per heavy atom. The fourth-order valence-electron chi connectivity index (χ4n) is 2.12. The third kappa shape index (κ3) is 3.77. The molecule has 0 atom stereocenters. The molecule has 128 valence electrons. The van der Waals surface area contributed by atoms with Crippen LogP contribution in [0.3, 0.4) is 0 Å². The summed E-state index contributed by atoms with van der Waals surface area (Å²) in [6.07, 6.45) is 1.26. The Morgan fingerprint density at radius 3 is 2.44 bits per heavy atom. The molecule has 0 aliphatic heterocycles. The summed E-state index contributed by atoms with van der Waals surface area (Å²) in [5, 5.41) is 6.29. The SMILES string of the molecule is Cc1ccc(Nc2ncnc(Nc3cc(F)ccc3F)c2N)cc1Cl. The van der Waals surface area contributed by atoms with Crippen molar-refractivity contribution >= 4 is 40.3 Å². The van der Waals surface area contributed by atoms with Crippen LogP contribution in [0.4, 0.5) is 37.5 Å². The highest BCUT2D eigenvalue weighted by molar-refractivity contribution is 6.31. The van der Waals surface area contributed by atoms with Crippen molar-refractivity contribution in [1.82, 2.24) is 9.97 Å². The first kappa shape index (κ1) is 16.9. The second kappa shape index (κ2) is 6.90. The molecule has 4 N–H and O–H groups in total. The van der Waals surface area contributed by atoms with E-state index in [4.69, 9.17) is 17.3 Å². The van der Waals surface area contributed by atoms with Gasteiger partial charge in [-0.1, -0.05) is 17.7 Å². The maximum absolute atomic E-state index is 13.8. The number of rotatable bonds is 4. The summed E-state index contributed by atoms with van der Waals surface area (Å²) >= 11 is 6.10. The number of aromatic nitrogens is 2. The van der Waals surface area contributed by atoms with Gasteiger partial charge < -0.3 is 16.4 Å². The number of hydrogen-bond donors (Lipinski definition) is 3. The highest BCUT2D eigenvalue weighted by atomic mass is 35.5. The Morgan fingerprint density at radius 1 is 1.00 bits per heavy atom. The molecule has 1 heterocycles. The molecule has 0 radical (unpaired) electrons. The van der Waals surface area contributed by atoms with E-state index in [2.05, 4.69) is 20.6 Å². The predicted octanol–water partition coefficient (Wildman–Crippen LogP) is 4.79. The zero-order chi connectivity index (χ0) is 18.0. The van der Waals surface area contributed by atoms with Gasteiger partial charge in [-0.3, -0.25) is 0 Å². The van der Waals surface area contributed by atoms with Gasteiger partial charge in [0.1, 0.15) is 23.6 Å². The largest absolute Gasteiger partial charge is 0.393 e. The summed E-state index contributed by atoms with van der Waals surface area (Å²) < 4.78 is 27.1. The molecule has 0 fully saturated rings. The van der Waals surface area contributed by atoms with Crippen LogP contribution in [0, 0.1) is 18.6 Å². The molecule has 5 nitrogen and oxygen atoms in total. The Hall–Kier alpha value is -2.93. The van der Waals surface area contributed by atoms with Crippen LogP contribution in [0.2, 0.25) is 5.02 Å². The van der Waals surface area contributed by atoms with Gasteiger partial charge in [-0.05, 0) is 36.8 Å². The van der Waals surface area contributed by atoms with E-state index in [-0.39, 0.29) is 17.2 Å². The molecule has 0 spiro atoms. The number of nitrogen functional groups attached to an aromatic ring is 1. The summed E-state index contributed by atoms with van der Waals surface area (Å²) in [5.41, 5.74) is 7.74. The van der Waals surface area contributed by atoms with Gasteiger partial charge in [0.25, 0.3) is 0 Å². The minimum absolute atomic E-state index is 0.0743. The normalized spacial score (nSPS) is 10.6. The van der Waals surface area contributed by atoms with Crippen molar-refractivity contribution in [3.63, 3.8) is 0 Å². The topological polar surface area (TPSA) is 75.9 Å². The summed E-state index contributed by atoms with van der Waals surface area (Å²) in [6.45, 7) is 1.89. The third-order valence-electron chi connectivity index (χ3n) is 3.50. The van der Waals surface area contributed by atoms with Crippen molar-refractivity contribution in [1.29, 1.82) is 0 Å². The molecule has 0 amide bonds. The van der Waals surface area contributed by atoms with Gasteiger partial charge in [0.2, 0.25) is 0 Å². The standard InChI is InChI=1S/C17H14ClF2N5/c1-9-2-4-11(7-12(9)18)24-16-15(21)17(23-8-22-16)25-14-6-10(19)3-5-13(14)20/h2-8H,21H2,1H3,(H2,22,23,24,25). The maximum atomic E-state index is 13.8. The number of halogens is 3. The monoisotopic (exact) mass is 361 g/mol. The van der Waals surface area contributed by atoms with E-state index in [0.717, 1.165) is 23.8 Å². The lowest BCUT2D eigenvalue weighted by Gasteiger charge is -2.13. The zero-order valence-electron chi connectivity index (χ0n) is 13.1. The van der Waals surface area contributed by atoms with Gasteiger partial charge in [0.05, 0.1) is 5.69 Å². The smallest absolute Gasteiger partial charge is 0.159 e. The molecule has 0 unspecified atom stereocenters. The van der Waals surface area contributed by atoms with E-state index in [1.807, 2.05) is 19.1 Å². The van der Waals surface area contributed by atoms with Gasteiger partial charge in [0, 0.05) is 16.8 Å². The van der Waals surface area contributed by atoms with Crippen molar-refractivity contribution in [2.24, 2.45) is 0 Å². The summed E-state index contributed by atoms with van der Waals surface area (Å²) in [6, 6.07) is 8.47. The molecule has 3 rings (SSSR count). The minimum atomic E-state index is -0.626. The minimum Gasteiger partial charge on any atom is -0.393 e. The molecule has 0 saturated heterocycles. The molecule has 25 heavy (non-hydrogen) atoms. The molecular formula is C17H14ClF2N5. The van der Waals surface area contributed by atoms with Crippen LogP contribution >= 0.6 is 11.6 Å². The molecular weight excluding hydrogens is 348 g/mol. The number of benzene rings is 2. The van der Waals surface area contributed by atoms with Crippen molar-refractivity contribution in [2.45, 2.75) is 6.92 Å². The number of nitrogens with one attached hydrogen (secondary N) is 2. The lowest BCUT2D eigenvalue weighted by molar-refractivity contribution is 0.603. The number of nitrogens with two attached hydrogens (primary N) is 1. The van der Waals surface area contributed by atoms with Gasteiger partial charge in [-0.2, -0.15) is 0 Å². The second-order valence-electron chi connectivity index (χ2n) is 5.32. The number of aryl methyl sites for hydroxylation is 1. The van der Waals surface area contributed by atoms with Crippen molar-refractivity contribution in [3.05, 3.63) is 64.9 Å². The van der Waals surface area contributed by atoms with E-state index >= 15 is 0 Å². The van der Waals surface area contributed by atoms with Crippen molar-refractivity contribution < 1.29 is 8.78 Å².